The highest BCUT2D eigenvalue weighted by atomic mass is 15.1. The van der Waals surface area contributed by atoms with Gasteiger partial charge in [-0.2, -0.15) is 0 Å². The van der Waals surface area contributed by atoms with Crippen LogP contribution in [0.1, 0.15) is 32.6 Å². The maximum absolute atomic E-state index is 5.29. The molecule has 0 saturated heterocycles. The van der Waals surface area contributed by atoms with Gasteiger partial charge < -0.3 is 0 Å². The van der Waals surface area contributed by atoms with E-state index >= 15 is 0 Å². The van der Waals surface area contributed by atoms with Crippen molar-refractivity contribution in [3.8, 4) is 12.3 Å². The summed E-state index contributed by atoms with van der Waals surface area (Å²) in [5, 5.41) is 0. The van der Waals surface area contributed by atoms with Gasteiger partial charge in [0.25, 0.3) is 0 Å². The first-order chi connectivity index (χ1) is 5.75. The van der Waals surface area contributed by atoms with Crippen molar-refractivity contribution < 1.29 is 0 Å². The van der Waals surface area contributed by atoms with Gasteiger partial charge in [0.15, 0.2) is 0 Å². The average molecular weight is 165 g/mol. The molecule has 2 atom stereocenters. The smallest absolute Gasteiger partial charge is 0.0598 e. The van der Waals surface area contributed by atoms with Gasteiger partial charge in [-0.15, -0.1) is 6.42 Å². The van der Waals surface area contributed by atoms with Crippen molar-refractivity contribution in [2.75, 3.05) is 13.6 Å². The highest BCUT2D eigenvalue weighted by Crippen LogP contribution is 2.26. The molecule has 0 N–H and O–H groups in total. The zero-order valence-electron chi connectivity index (χ0n) is 8.21. The quantitative estimate of drug-likeness (QED) is 0.567. The maximum atomic E-state index is 5.29. The lowest BCUT2D eigenvalue weighted by molar-refractivity contribution is 0.154. The van der Waals surface area contributed by atoms with Gasteiger partial charge in [0.05, 0.1) is 6.54 Å². The third-order valence-electron chi connectivity index (χ3n) is 2.97. The second-order valence-corrected chi connectivity index (χ2v) is 3.95. The molecule has 0 radical (unpaired) electrons. The van der Waals surface area contributed by atoms with E-state index in [1.165, 1.54) is 25.7 Å². The van der Waals surface area contributed by atoms with Gasteiger partial charge in [0.2, 0.25) is 0 Å². The molecule has 0 heterocycles. The van der Waals surface area contributed by atoms with Crippen molar-refractivity contribution in [3.63, 3.8) is 0 Å². The van der Waals surface area contributed by atoms with E-state index in [-0.39, 0.29) is 0 Å². The van der Waals surface area contributed by atoms with Gasteiger partial charge in [-0.3, -0.25) is 4.90 Å². The minimum Gasteiger partial charge on any atom is -0.292 e. The van der Waals surface area contributed by atoms with Crippen molar-refractivity contribution in [3.05, 3.63) is 0 Å². The molecule has 1 fully saturated rings. The van der Waals surface area contributed by atoms with Gasteiger partial charge in [-0.1, -0.05) is 25.7 Å². The number of nitrogens with zero attached hydrogens (tertiary/aromatic N) is 1. The number of hydrogen-bond donors (Lipinski definition) is 0. The molecule has 1 nitrogen and oxygen atoms in total. The van der Waals surface area contributed by atoms with Crippen LogP contribution >= 0.6 is 0 Å². The van der Waals surface area contributed by atoms with Crippen LogP contribution < -0.4 is 0 Å². The Hall–Kier alpha value is -0.480. The summed E-state index contributed by atoms with van der Waals surface area (Å²) in [5.41, 5.74) is 0. The van der Waals surface area contributed by atoms with Crippen LogP contribution in [0.15, 0.2) is 0 Å². The minimum atomic E-state index is 0.731. The van der Waals surface area contributed by atoms with Gasteiger partial charge in [-0.05, 0) is 25.8 Å². The standard InChI is InChI=1S/C11H19N/c1-4-9-12(3)11-8-6-5-7-10(11)2/h1,10-11H,5-9H2,2-3H3. The highest BCUT2D eigenvalue weighted by Gasteiger charge is 2.23. The fourth-order valence-corrected chi connectivity index (χ4v) is 2.21. The predicted molar refractivity (Wildman–Crippen MR) is 52.9 cm³/mol. The molecule has 1 aliphatic carbocycles. The van der Waals surface area contributed by atoms with E-state index in [1.54, 1.807) is 0 Å². The Morgan fingerprint density at radius 1 is 1.42 bits per heavy atom. The van der Waals surface area contributed by atoms with E-state index in [0.717, 1.165) is 18.5 Å². The molecule has 1 rings (SSSR count). The van der Waals surface area contributed by atoms with Crippen molar-refractivity contribution in [2.45, 2.75) is 38.6 Å². The molecule has 68 valence electrons. The zero-order chi connectivity index (χ0) is 8.97. The molecule has 12 heavy (non-hydrogen) atoms. The first kappa shape index (κ1) is 9.61. The lowest BCUT2D eigenvalue weighted by atomic mass is 9.85. The van der Waals surface area contributed by atoms with Crippen LogP contribution in [-0.4, -0.2) is 24.5 Å². The van der Waals surface area contributed by atoms with E-state index in [0.29, 0.717) is 0 Å². The Morgan fingerprint density at radius 3 is 2.67 bits per heavy atom. The molecule has 0 aromatic carbocycles. The summed E-state index contributed by atoms with van der Waals surface area (Å²) in [6.45, 7) is 3.14. The second-order valence-electron chi connectivity index (χ2n) is 3.95. The third-order valence-corrected chi connectivity index (χ3v) is 2.97. The summed E-state index contributed by atoms with van der Waals surface area (Å²) < 4.78 is 0. The molecular formula is C11H19N. The maximum Gasteiger partial charge on any atom is 0.0598 e. The first-order valence-corrected chi connectivity index (χ1v) is 4.89. The average Bonchev–Trinajstić information content (AvgIpc) is 2.05. The summed E-state index contributed by atoms with van der Waals surface area (Å²) in [6.07, 6.45) is 10.8. The third kappa shape index (κ3) is 2.25. The van der Waals surface area contributed by atoms with Crippen LogP contribution in [0.4, 0.5) is 0 Å². The second kappa shape index (κ2) is 4.52. The van der Waals surface area contributed by atoms with Crippen LogP contribution in [-0.2, 0) is 0 Å². The number of terminal acetylenes is 1. The van der Waals surface area contributed by atoms with Crippen LogP contribution in [0.2, 0.25) is 0 Å². The van der Waals surface area contributed by atoms with E-state index in [9.17, 15) is 0 Å². The van der Waals surface area contributed by atoms with Gasteiger partial charge in [-0.25, -0.2) is 0 Å². The van der Waals surface area contributed by atoms with Gasteiger partial charge in [0.1, 0.15) is 0 Å². The molecule has 0 spiro atoms. The lowest BCUT2D eigenvalue weighted by Gasteiger charge is -2.35. The molecule has 0 aliphatic heterocycles. The Balaban J connectivity index is 2.43. The van der Waals surface area contributed by atoms with Crippen LogP contribution in [0.5, 0.6) is 0 Å². The van der Waals surface area contributed by atoms with Crippen molar-refractivity contribution in [1.29, 1.82) is 0 Å². The number of hydrogen-bond acceptors (Lipinski definition) is 1. The fourth-order valence-electron chi connectivity index (χ4n) is 2.21. The van der Waals surface area contributed by atoms with Crippen LogP contribution in [0.3, 0.4) is 0 Å². The van der Waals surface area contributed by atoms with Crippen molar-refractivity contribution in [1.82, 2.24) is 4.90 Å². The highest BCUT2D eigenvalue weighted by molar-refractivity contribution is 4.91. The molecule has 0 aromatic rings. The normalized spacial score (nSPS) is 30.2. The van der Waals surface area contributed by atoms with Crippen molar-refractivity contribution >= 4 is 0 Å². The molecule has 0 aromatic heterocycles. The summed E-state index contributed by atoms with van der Waals surface area (Å²) in [7, 11) is 2.15. The molecule has 1 saturated carbocycles. The molecule has 0 bridgehead atoms. The Labute approximate surface area is 76.1 Å². The van der Waals surface area contributed by atoms with E-state index in [1.807, 2.05) is 0 Å². The molecular weight excluding hydrogens is 146 g/mol. The van der Waals surface area contributed by atoms with Crippen LogP contribution in [0.25, 0.3) is 0 Å². The first-order valence-electron chi connectivity index (χ1n) is 4.89. The minimum absolute atomic E-state index is 0.731. The van der Waals surface area contributed by atoms with E-state index in [2.05, 4.69) is 24.8 Å². The lowest BCUT2D eigenvalue weighted by Crippen LogP contribution is -2.39. The summed E-state index contributed by atoms with van der Waals surface area (Å²) in [6, 6.07) is 0.731. The van der Waals surface area contributed by atoms with Gasteiger partial charge >= 0.3 is 0 Å². The van der Waals surface area contributed by atoms with Gasteiger partial charge in [0, 0.05) is 6.04 Å². The predicted octanol–water partition coefficient (Wildman–Crippen LogP) is 2.13. The SMILES string of the molecule is C#CCN(C)C1CCCCC1C. The summed E-state index contributed by atoms with van der Waals surface area (Å²) in [4.78, 5) is 2.32. The Bertz CT molecular complexity index is 168. The summed E-state index contributed by atoms with van der Waals surface area (Å²) in [5.74, 6) is 3.54. The van der Waals surface area contributed by atoms with Crippen molar-refractivity contribution in [2.24, 2.45) is 5.92 Å². The largest absolute Gasteiger partial charge is 0.292 e. The monoisotopic (exact) mass is 165 g/mol. The zero-order valence-corrected chi connectivity index (χ0v) is 8.21. The Kier molecular flexibility index (Phi) is 3.62. The fraction of sp³-hybridized carbons (Fsp3) is 0.818. The van der Waals surface area contributed by atoms with E-state index in [4.69, 9.17) is 6.42 Å². The molecule has 2 unspecified atom stereocenters. The molecule has 1 heteroatoms. The van der Waals surface area contributed by atoms with E-state index < -0.39 is 0 Å². The topological polar surface area (TPSA) is 3.24 Å². The Morgan fingerprint density at radius 2 is 2.08 bits per heavy atom. The number of rotatable bonds is 2. The molecule has 1 aliphatic rings. The summed E-state index contributed by atoms with van der Waals surface area (Å²) >= 11 is 0. The molecule has 0 amide bonds. The van der Waals surface area contributed by atoms with Crippen LogP contribution in [0, 0.1) is 18.3 Å².